The van der Waals surface area contributed by atoms with E-state index >= 15 is 0 Å². The minimum absolute atomic E-state index is 0.0550. The zero-order chi connectivity index (χ0) is 15.4. The van der Waals surface area contributed by atoms with Gasteiger partial charge in [0.2, 0.25) is 0 Å². The third-order valence-corrected chi connectivity index (χ3v) is 3.37. The van der Waals surface area contributed by atoms with Gasteiger partial charge in [0.25, 0.3) is 5.91 Å². The van der Waals surface area contributed by atoms with Gasteiger partial charge in [-0.1, -0.05) is 13.3 Å². The fourth-order valence-electron chi connectivity index (χ4n) is 2.09. The van der Waals surface area contributed by atoms with Gasteiger partial charge in [0.1, 0.15) is 5.75 Å². The molecule has 5 nitrogen and oxygen atoms in total. The van der Waals surface area contributed by atoms with E-state index in [2.05, 4.69) is 6.92 Å². The number of amides is 1. The Morgan fingerprint density at radius 2 is 2.10 bits per heavy atom. The first kappa shape index (κ1) is 15.1. The summed E-state index contributed by atoms with van der Waals surface area (Å²) in [6.07, 6.45) is 1.91. The molecular formula is C16H19NO4. The molecule has 0 aliphatic carbocycles. The number of nitrogens with zero attached hydrogens (tertiary/aromatic N) is 1. The highest BCUT2D eigenvalue weighted by Crippen LogP contribution is 2.19. The molecule has 112 valence electrons. The monoisotopic (exact) mass is 289 g/mol. The summed E-state index contributed by atoms with van der Waals surface area (Å²) in [5, 5.41) is 1.07. The Morgan fingerprint density at radius 3 is 2.76 bits per heavy atom. The van der Waals surface area contributed by atoms with E-state index in [1.807, 2.05) is 0 Å². The van der Waals surface area contributed by atoms with Crippen molar-refractivity contribution in [1.82, 2.24) is 4.90 Å². The van der Waals surface area contributed by atoms with Crippen molar-refractivity contribution in [2.45, 2.75) is 19.8 Å². The molecule has 1 aromatic heterocycles. The number of unbranched alkanes of at least 4 members (excludes halogenated alkanes) is 1. The molecule has 1 amide bonds. The quantitative estimate of drug-likeness (QED) is 0.849. The Labute approximate surface area is 123 Å². The molecule has 0 bridgehead atoms. The van der Waals surface area contributed by atoms with Crippen molar-refractivity contribution < 1.29 is 13.9 Å². The Kier molecular flexibility index (Phi) is 4.62. The van der Waals surface area contributed by atoms with Crippen LogP contribution in [0.3, 0.4) is 0 Å². The smallest absolute Gasteiger partial charge is 0.344 e. The molecule has 1 heterocycles. The summed E-state index contributed by atoms with van der Waals surface area (Å²) >= 11 is 0. The van der Waals surface area contributed by atoms with Crippen molar-refractivity contribution in [3.8, 4) is 5.75 Å². The third-order valence-electron chi connectivity index (χ3n) is 3.37. The summed E-state index contributed by atoms with van der Waals surface area (Å²) in [5.41, 5.74) is -0.512. The molecule has 0 radical (unpaired) electrons. The van der Waals surface area contributed by atoms with Gasteiger partial charge >= 0.3 is 5.63 Å². The lowest BCUT2D eigenvalue weighted by atomic mass is 10.1. The van der Waals surface area contributed by atoms with Gasteiger partial charge in [-0.3, -0.25) is 4.79 Å². The molecule has 2 rings (SSSR count). The molecule has 0 aliphatic rings. The van der Waals surface area contributed by atoms with E-state index in [-0.39, 0.29) is 11.7 Å². The Bertz CT molecular complexity index is 705. The number of benzene rings is 1. The maximum Gasteiger partial charge on any atom is 0.344 e. The maximum atomic E-state index is 12.3. The Balaban J connectivity index is 2.40. The second-order valence-electron chi connectivity index (χ2n) is 4.93. The zero-order valence-electron chi connectivity index (χ0n) is 12.5. The standard InChI is InChI=1S/C16H19NO4/c1-4-5-8-17(2)15(18)14-10-11-9-12(20-3)6-7-13(11)16(19)21-14/h6-7,9-10H,4-5,8H2,1-3H3. The van der Waals surface area contributed by atoms with Crippen molar-refractivity contribution >= 4 is 16.7 Å². The van der Waals surface area contributed by atoms with Crippen LogP contribution in [0, 0.1) is 0 Å². The second kappa shape index (κ2) is 6.43. The van der Waals surface area contributed by atoms with E-state index in [0.29, 0.717) is 23.1 Å². The van der Waals surface area contributed by atoms with Gasteiger partial charge in [0.15, 0.2) is 5.76 Å². The molecule has 2 aromatic rings. The van der Waals surface area contributed by atoms with Crippen LogP contribution in [0.5, 0.6) is 5.75 Å². The number of methoxy groups -OCH3 is 1. The maximum absolute atomic E-state index is 12.3. The second-order valence-corrected chi connectivity index (χ2v) is 4.93. The van der Waals surface area contributed by atoms with Crippen LogP contribution in [-0.2, 0) is 0 Å². The predicted molar refractivity (Wildman–Crippen MR) is 80.9 cm³/mol. The number of carbonyl (C=O) groups is 1. The first-order valence-electron chi connectivity index (χ1n) is 6.94. The zero-order valence-corrected chi connectivity index (χ0v) is 12.5. The molecule has 1 aromatic carbocycles. The summed E-state index contributed by atoms with van der Waals surface area (Å²) in [6, 6.07) is 6.63. The van der Waals surface area contributed by atoms with E-state index in [1.165, 1.54) is 0 Å². The van der Waals surface area contributed by atoms with Gasteiger partial charge < -0.3 is 14.1 Å². The van der Waals surface area contributed by atoms with E-state index in [9.17, 15) is 9.59 Å². The number of hydrogen-bond acceptors (Lipinski definition) is 4. The number of rotatable bonds is 5. The third kappa shape index (κ3) is 3.24. The van der Waals surface area contributed by atoms with Crippen molar-refractivity contribution in [3.05, 3.63) is 40.4 Å². The molecule has 0 saturated carbocycles. The molecule has 5 heteroatoms. The summed E-state index contributed by atoms with van der Waals surface area (Å²) in [6.45, 7) is 2.69. The Hall–Kier alpha value is -2.30. The van der Waals surface area contributed by atoms with Gasteiger partial charge in [0, 0.05) is 13.6 Å². The van der Waals surface area contributed by atoms with Gasteiger partial charge in [-0.15, -0.1) is 0 Å². The summed E-state index contributed by atoms with van der Waals surface area (Å²) in [4.78, 5) is 25.8. The predicted octanol–water partition coefficient (Wildman–Crippen LogP) is 2.67. The average Bonchev–Trinajstić information content (AvgIpc) is 2.51. The van der Waals surface area contributed by atoms with Crippen molar-refractivity contribution in [1.29, 1.82) is 0 Å². The molecular weight excluding hydrogens is 270 g/mol. The normalized spacial score (nSPS) is 10.6. The number of fused-ring (bicyclic) bond motifs is 1. The van der Waals surface area contributed by atoms with E-state index in [1.54, 1.807) is 43.3 Å². The lowest BCUT2D eigenvalue weighted by Crippen LogP contribution is -2.28. The van der Waals surface area contributed by atoms with Crippen LogP contribution in [-0.4, -0.2) is 31.5 Å². The van der Waals surface area contributed by atoms with Crippen molar-refractivity contribution in [2.24, 2.45) is 0 Å². The largest absolute Gasteiger partial charge is 0.497 e. The molecule has 0 atom stereocenters. The molecule has 0 fully saturated rings. The van der Waals surface area contributed by atoms with Gasteiger partial charge in [-0.2, -0.15) is 0 Å². The van der Waals surface area contributed by atoms with E-state index in [4.69, 9.17) is 9.15 Å². The van der Waals surface area contributed by atoms with Crippen molar-refractivity contribution in [3.63, 3.8) is 0 Å². The minimum Gasteiger partial charge on any atom is -0.497 e. The van der Waals surface area contributed by atoms with Gasteiger partial charge in [-0.25, -0.2) is 4.79 Å². The Morgan fingerprint density at radius 1 is 1.33 bits per heavy atom. The summed E-state index contributed by atoms with van der Waals surface area (Å²) < 4.78 is 10.3. The molecule has 0 N–H and O–H groups in total. The SMILES string of the molecule is CCCCN(C)C(=O)c1cc2cc(OC)ccc2c(=O)o1. The first-order chi connectivity index (χ1) is 10.1. The fraction of sp³-hybridized carbons (Fsp3) is 0.375. The first-order valence-corrected chi connectivity index (χ1v) is 6.94. The topological polar surface area (TPSA) is 59.8 Å². The van der Waals surface area contributed by atoms with Gasteiger partial charge in [0.05, 0.1) is 12.5 Å². The number of hydrogen-bond donors (Lipinski definition) is 0. The van der Waals surface area contributed by atoms with Crippen LogP contribution < -0.4 is 10.4 Å². The molecule has 0 aliphatic heterocycles. The number of carbonyl (C=O) groups excluding carboxylic acids is 1. The van der Waals surface area contributed by atoms with Crippen molar-refractivity contribution in [2.75, 3.05) is 20.7 Å². The lowest BCUT2D eigenvalue weighted by molar-refractivity contribution is 0.0757. The van der Waals surface area contributed by atoms with Crippen LogP contribution in [0.1, 0.15) is 30.3 Å². The molecule has 21 heavy (non-hydrogen) atoms. The van der Waals surface area contributed by atoms with Crippen LogP contribution in [0.15, 0.2) is 33.5 Å². The van der Waals surface area contributed by atoms with Crippen LogP contribution in [0.25, 0.3) is 10.8 Å². The molecule has 0 spiro atoms. The summed E-state index contributed by atoms with van der Waals surface area (Å²) in [7, 11) is 3.25. The summed E-state index contributed by atoms with van der Waals surface area (Å²) in [5.74, 6) is 0.399. The minimum atomic E-state index is -0.512. The fourth-order valence-corrected chi connectivity index (χ4v) is 2.09. The average molecular weight is 289 g/mol. The van der Waals surface area contributed by atoms with Gasteiger partial charge in [-0.05, 0) is 36.1 Å². The lowest BCUT2D eigenvalue weighted by Gasteiger charge is -2.15. The van der Waals surface area contributed by atoms with E-state index < -0.39 is 5.63 Å². The highest BCUT2D eigenvalue weighted by Gasteiger charge is 2.16. The molecule has 0 saturated heterocycles. The molecule has 0 unspecified atom stereocenters. The highest BCUT2D eigenvalue weighted by molar-refractivity contribution is 5.95. The highest BCUT2D eigenvalue weighted by atomic mass is 16.5. The van der Waals surface area contributed by atoms with Crippen LogP contribution >= 0.6 is 0 Å². The van der Waals surface area contributed by atoms with E-state index in [0.717, 1.165) is 12.8 Å². The van der Waals surface area contributed by atoms with Crippen LogP contribution in [0.4, 0.5) is 0 Å². The van der Waals surface area contributed by atoms with Crippen LogP contribution in [0.2, 0.25) is 0 Å². The number of ether oxygens (including phenoxy) is 1.